The van der Waals surface area contributed by atoms with Crippen molar-refractivity contribution in [3.05, 3.63) is 36.3 Å². The molecular formula is C12H16N6O. The molecule has 2 aromatic heterocycles. The fourth-order valence-corrected chi connectivity index (χ4v) is 1.57. The average molecular weight is 260 g/mol. The van der Waals surface area contributed by atoms with Gasteiger partial charge in [0.15, 0.2) is 5.69 Å². The molecular weight excluding hydrogens is 244 g/mol. The molecule has 0 aliphatic rings. The second-order valence-corrected chi connectivity index (χ2v) is 3.93. The van der Waals surface area contributed by atoms with E-state index in [1.807, 2.05) is 16.9 Å². The van der Waals surface area contributed by atoms with Gasteiger partial charge in [-0.1, -0.05) is 0 Å². The van der Waals surface area contributed by atoms with Crippen LogP contribution in [0.1, 0.15) is 16.9 Å². The fraction of sp³-hybridized carbons (Fsp3) is 0.333. The average Bonchev–Trinajstić information content (AvgIpc) is 2.96. The van der Waals surface area contributed by atoms with E-state index in [4.69, 9.17) is 0 Å². The minimum atomic E-state index is -0.238. The van der Waals surface area contributed by atoms with Gasteiger partial charge in [0.2, 0.25) is 0 Å². The molecule has 1 amide bonds. The van der Waals surface area contributed by atoms with Gasteiger partial charge < -0.3 is 10.6 Å². The monoisotopic (exact) mass is 260 g/mol. The zero-order valence-corrected chi connectivity index (χ0v) is 10.7. The Morgan fingerprint density at radius 1 is 1.37 bits per heavy atom. The SMILES string of the molecule is CNC(=O)c1ccc(NCCCn2cccn2)nn1. The standard InChI is InChI=1S/C12H16N6O/c1-13-12(19)10-4-5-11(17-16-10)14-6-2-8-18-9-3-7-15-18/h3-5,7,9H,2,6,8H2,1H3,(H,13,19)(H,14,17). The number of rotatable bonds is 6. The van der Waals surface area contributed by atoms with Crippen molar-refractivity contribution in [2.75, 3.05) is 18.9 Å². The van der Waals surface area contributed by atoms with Crippen molar-refractivity contribution in [2.24, 2.45) is 0 Å². The molecule has 0 unspecified atom stereocenters. The lowest BCUT2D eigenvalue weighted by atomic mass is 10.3. The van der Waals surface area contributed by atoms with Gasteiger partial charge in [-0.2, -0.15) is 5.10 Å². The number of anilines is 1. The predicted octanol–water partition coefficient (Wildman–Crippen LogP) is 0.535. The van der Waals surface area contributed by atoms with Gasteiger partial charge in [0, 0.05) is 32.5 Å². The van der Waals surface area contributed by atoms with Crippen LogP contribution in [0.5, 0.6) is 0 Å². The van der Waals surface area contributed by atoms with Crippen LogP contribution in [-0.2, 0) is 6.54 Å². The molecule has 7 heteroatoms. The van der Waals surface area contributed by atoms with Crippen molar-refractivity contribution in [1.82, 2.24) is 25.3 Å². The van der Waals surface area contributed by atoms with Crippen LogP contribution >= 0.6 is 0 Å². The Morgan fingerprint density at radius 3 is 2.89 bits per heavy atom. The van der Waals surface area contributed by atoms with Crippen molar-refractivity contribution in [3.63, 3.8) is 0 Å². The van der Waals surface area contributed by atoms with Crippen LogP contribution in [0, 0.1) is 0 Å². The Bertz CT molecular complexity index is 508. The van der Waals surface area contributed by atoms with Crippen molar-refractivity contribution in [2.45, 2.75) is 13.0 Å². The summed E-state index contributed by atoms with van der Waals surface area (Å²) >= 11 is 0. The van der Waals surface area contributed by atoms with Gasteiger partial charge in [0.25, 0.3) is 5.91 Å². The van der Waals surface area contributed by atoms with Gasteiger partial charge in [0.1, 0.15) is 5.82 Å². The Balaban J connectivity index is 1.75. The summed E-state index contributed by atoms with van der Waals surface area (Å²) in [6.45, 7) is 1.62. The second kappa shape index (κ2) is 6.48. The molecule has 0 spiro atoms. The van der Waals surface area contributed by atoms with Crippen LogP contribution in [-0.4, -0.2) is 39.5 Å². The van der Waals surface area contributed by atoms with Crippen LogP contribution < -0.4 is 10.6 Å². The quantitative estimate of drug-likeness (QED) is 0.740. The lowest BCUT2D eigenvalue weighted by molar-refractivity contribution is 0.0957. The number of aryl methyl sites for hydroxylation is 1. The molecule has 0 radical (unpaired) electrons. The summed E-state index contributed by atoms with van der Waals surface area (Å²) < 4.78 is 1.88. The summed E-state index contributed by atoms with van der Waals surface area (Å²) in [5.41, 5.74) is 0.310. The Hall–Kier alpha value is -2.44. The van der Waals surface area contributed by atoms with Crippen molar-refractivity contribution < 1.29 is 4.79 Å². The number of carbonyl (C=O) groups is 1. The summed E-state index contributed by atoms with van der Waals surface area (Å²) in [4.78, 5) is 11.3. The van der Waals surface area contributed by atoms with Gasteiger partial charge >= 0.3 is 0 Å². The molecule has 0 bridgehead atoms. The molecule has 0 saturated heterocycles. The topological polar surface area (TPSA) is 84.7 Å². The lowest BCUT2D eigenvalue weighted by Gasteiger charge is -2.05. The molecule has 2 N–H and O–H groups in total. The molecule has 0 saturated carbocycles. The number of amides is 1. The zero-order valence-electron chi connectivity index (χ0n) is 10.7. The third-order valence-electron chi connectivity index (χ3n) is 2.55. The fourth-order valence-electron chi connectivity index (χ4n) is 1.57. The third kappa shape index (κ3) is 3.77. The first-order valence-electron chi connectivity index (χ1n) is 6.06. The first-order valence-corrected chi connectivity index (χ1v) is 6.06. The molecule has 7 nitrogen and oxygen atoms in total. The highest BCUT2D eigenvalue weighted by Gasteiger charge is 2.04. The van der Waals surface area contributed by atoms with E-state index in [9.17, 15) is 4.79 Å². The van der Waals surface area contributed by atoms with Crippen molar-refractivity contribution >= 4 is 11.7 Å². The minimum Gasteiger partial charge on any atom is -0.369 e. The molecule has 100 valence electrons. The Labute approximate surface area is 111 Å². The maximum Gasteiger partial charge on any atom is 0.271 e. The summed E-state index contributed by atoms with van der Waals surface area (Å²) in [6.07, 6.45) is 4.62. The van der Waals surface area contributed by atoms with E-state index >= 15 is 0 Å². The molecule has 2 aromatic rings. The van der Waals surface area contributed by atoms with Crippen molar-refractivity contribution in [1.29, 1.82) is 0 Å². The van der Waals surface area contributed by atoms with Gasteiger partial charge in [-0.25, -0.2) is 0 Å². The summed E-state index contributed by atoms with van der Waals surface area (Å²) in [6, 6.07) is 5.28. The summed E-state index contributed by atoms with van der Waals surface area (Å²) in [5, 5.41) is 17.5. The van der Waals surface area contributed by atoms with Crippen LogP contribution in [0.4, 0.5) is 5.82 Å². The van der Waals surface area contributed by atoms with E-state index in [1.54, 1.807) is 25.4 Å². The van der Waals surface area contributed by atoms with E-state index in [1.165, 1.54) is 0 Å². The van der Waals surface area contributed by atoms with E-state index in [0.717, 1.165) is 19.5 Å². The van der Waals surface area contributed by atoms with Gasteiger partial charge in [0.05, 0.1) is 0 Å². The van der Waals surface area contributed by atoms with E-state index in [0.29, 0.717) is 11.5 Å². The molecule has 2 rings (SSSR count). The van der Waals surface area contributed by atoms with Crippen LogP contribution in [0.3, 0.4) is 0 Å². The van der Waals surface area contributed by atoms with Crippen LogP contribution in [0.15, 0.2) is 30.6 Å². The van der Waals surface area contributed by atoms with Gasteiger partial charge in [-0.15, -0.1) is 10.2 Å². The van der Waals surface area contributed by atoms with Gasteiger partial charge in [-0.3, -0.25) is 9.48 Å². The van der Waals surface area contributed by atoms with E-state index < -0.39 is 0 Å². The first-order chi connectivity index (χ1) is 9.29. The number of nitrogens with one attached hydrogen (secondary N) is 2. The molecule has 0 fully saturated rings. The largest absolute Gasteiger partial charge is 0.369 e. The smallest absolute Gasteiger partial charge is 0.271 e. The summed E-state index contributed by atoms with van der Waals surface area (Å²) in [7, 11) is 1.56. The van der Waals surface area contributed by atoms with Gasteiger partial charge in [-0.05, 0) is 24.6 Å². The molecule has 0 aliphatic carbocycles. The van der Waals surface area contributed by atoms with Crippen LogP contribution in [0.2, 0.25) is 0 Å². The number of carbonyl (C=O) groups excluding carboxylic acids is 1. The molecule has 0 aliphatic heterocycles. The maximum atomic E-state index is 11.3. The number of aromatic nitrogens is 4. The highest BCUT2D eigenvalue weighted by Crippen LogP contribution is 2.02. The minimum absolute atomic E-state index is 0.238. The normalized spacial score (nSPS) is 10.2. The van der Waals surface area contributed by atoms with Crippen molar-refractivity contribution in [3.8, 4) is 0 Å². The second-order valence-electron chi connectivity index (χ2n) is 3.93. The van der Waals surface area contributed by atoms with E-state index in [2.05, 4.69) is 25.9 Å². The maximum absolute atomic E-state index is 11.3. The Morgan fingerprint density at radius 2 is 2.26 bits per heavy atom. The highest BCUT2D eigenvalue weighted by atomic mass is 16.1. The van der Waals surface area contributed by atoms with E-state index in [-0.39, 0.29) is 5.91 Å². The first kappa shape index (κ1) is 13.0. The third-order valence-corrected chi connectivity index (χ3v) is 2.55. The number of hydrogen-bond donors (Lipinski definition) is 2. The molecule has 2 heterocycles. The summed E-state index contributed by atoms with van der Waals surface area (Å²) in [5.74, 6) is 0.422. The zero-order chi connectivity index (χ0) is 13.5. The number of hydrogen-bond acceptors (Lipinski definition) is 5. The number of nitrogens with zero attached hydrogens (tertiary/aromatic N) is 4. The molecule has 19 heavy (non-hydrogen) atoms. The highest BCUT2D eigenvalue weighted by molar-refractivity contribution is 5.91. The Kier molecular flexibility index (Phi) is 4.44. The predicted molar refractivity (Wildman–Crippen MR) is 70.8 cm³/mol. The lowest BCUT2D eigenvalue weighted by Crippen LogP contribution is -2.19. The molecule has 0 atom stereocenters. The van der Waals surface area contributed by atoms with Crippen LogP contribution in [0.25, 0.3) is 0 Å². The molecule has 0 aromatic carbocycles.